The molecule has 2 aliphatic rings. The molecule has 2 aliphatic carbocycles. The maximum atomic E-state index is 3.64. The van der Waals surface area contributed by atoms with Crippen molar-refractivity contribution < 1.29 is 0 Å². The normalized spacial score (nSPS) is 22.9. The first kappa shape index (κ1) is 12.4. The Balaban J connectivity index is 1.44. The average Bonchev–Trinajstić information content (AvgIpc) is 3.10. The van der Waals surface area contributed by atoms with Crippen LogP contribution in [0.15, 0.2) is 0 Å². The fraction of sp³-hybridized carbons (Fsp3) is 1.00. The molecule has 16 heavy (non-hydrogen) atoms. The second-order valence-corrected chi connectivity index (χ2v) is 5.91. The zero-order valence-electron chi connectivity index (χ0n) is 10.9. The highest BCUT2D eigenvalue weighted by Gasteiger charge is 2.22. The second-order valence-electron chi connectivity index (χ2n) is 5.91. The van der Waals surface area contributed by atoms with Gasteiger partial charge in [-0.05, 0) is 51.1 Å². The van der Waals surface area contributed by atoms with Crippen molar-refractivity contribution in [1.82, 2.24) is 10.2 Å². The van der Waals surface area contributed by atoms with E-state index in [1.165, 1.54) is 71.1 Å². The van der Waals surface area contributed by atoms with Crippen LogP contribution in [0.2, 0.25) is 0 Å². The van der Waals surface area contributed by atoms with Crippen LogP contribution >= 0.6 is 0 Å². The van der Waals surface area contributed by atoms with Crippen LogP contribution in [0.5, 0.6) is 0 Å². The Hall–Kier alpha value is -0.0800. The topological polar surface area (TPSA) is 15.3 Å². The number of rotatable bonds is 7. The van der Waals surface area contributed by atoms with E-state index in [-0.39, 0.29) is 0 Å². The molecule has 1 N–H and O–H groups in total. The number of nitrogens with zero attached hydrogens (tertiary/aromatic N) is 1. The van der Waals surface area contributed by atoms with Crippen molar-refractivity contribution in [2.75, 3.05) is 33.2 Å². The third-order valence-corrected chi connectivity index (χ3v) is 4.09. The van der Waals surface area contributed by atoms with Crippen molar-refractivity contribution in [1.29, 1.82) is 0 Å². The van der Waals surface area contributed by atoms with Gasteiger partial charge in [-0.1, -0.05) is 19.3 Å². The van der Waals surface area contributed by atoms with E-state index in [0.717, 1.165) is 11.8 Å². The molecule has 2 heteroatoms. The SMILES string of the molecule is CN(CCNCC1CCCCC1)CC1CC1. The van der Waals surface area contributed by atoms with Gasteiger partial charge in [0.1, 0.15) is 0 Å². The summed E-state index contributed by atoms with van der Waals surface area (Å²) in [5, 5.41) is 3.64. The van der Waals surface area contributed by atoms with Crippen LogP contribution in [-0.4, -0.2) is 38.1 Å². The van der Waals surface area contributed by atoms with Crippen molar-refractivity contribution in [2.24, 2.45) is 11.8 Å². The highest BCUT2D eigenvalue weighted by Crippen LogP contribution is 2.29. The highest BCUT2D eigenvalue weighted by atomic mass is 15.1. The summed E-state index contributed by atoms with van der Waals surface area (Å²) in [6.07, 6.45) is 10.3. The zero-order chi connectivity index (χ0) is 11.2. The van der Waals surface area contributed by atoms with Gasteiger partial charge in [0.2, 0.25) is 0 Å². The van der Waals surface area contributed by atoms with Crippen molar-refractivity contribution in [3.63, 3.8) is 0 Å². The summed E-state index contributed by atoms with van der Waals surface area (Å²) in [5.41, 5.74) is 0. The summed E-state index contributed by atoms with van der Waals surface area (Å²) < 4.78 is 0. The predicted molar refractivity (Wildman–Crippen MR) is 69.7 cm³/mol. The third kappa shape index (κ3) is 4.84. The smallest absolute Gasteiger partial charge is 0.0104 e. The average molecular weight is 224 g/mol. The molecule has 0 radical (unpaired) electrons. The van der Waals surface area contributed by atoms with E-state index >= 15 is 0 Å². The number of nitrogens with one attached hydrogen (secondary N) is 1. The molecule has 2 nitrogen and oxygen atoms in total. The van der Waals surface area contributed by atoms with E-state index in [2.05, 4.69) is 17.3 Å². The lowest BCUT2D eigenvalue weighted by Crippen LogP contribution is -2.33. The fourth-order valence-corrected chi connectivity index (χ4v) is 2.80. The van der Waals surface area contributed by atoms with Crippen molar-refractivity contribution >= 4 is 0 Å². The molecule has 0 bridgehead atoms. The molecule has 94 valence electrons. The lowest BCUT2D eigenvalue weighted by Gasteiger charge is -2.23. The molecule has 0 spiro atoms. The van der Waals surface area contributed by atoms with Crippen LogP contribution in [0.25, 0.3) is 0 Å². The Morgan fingerprint density at radius 3 is 2.44 bits per heavy atom. The number of likely N-dealkylation sites (N-methyl/N-ethyl adjacent to an activating group) is 1. The lowest BCUT2D eigenvalue weighted by molar-refractivity contribution is 0.301. The van der Waals surface area contributed by atoms with Gasteiger partial charge in [-0.15, -0.1) is 0 Å². The Morgan fingerprint density at radius 1 is 1.00 bits per heavy atom. The van der Waals surface area contributed by atoms with Crippen LogP contribution in [0, 0.1) is 11.8 Å². The minimum atomic E-state index is 0.975. The maximum Gasteiger partial charge on any atom is 0.0104 e. The van der Waals surface area contributed by atoms with Gasteiger partial charge in [0.15, 0.2) is 0 Å². The van der Waals surface area contributed by atoms with Crippen molar-refractivity contribution in [3.8, 4) is 0 Å². The van der Waals surface area contributed by atoms with Gasteiger partial charge in [-0.2, -0.15) is 0 Å². The van der Waals surface area contributed by atoms with E-state index < -0.39 is 0 Å². The van der Waals surface area contributed by atoms with Gasteiger partial charge in [0.05, 0.1) is 0 Å². The summed E-state index contributed by atoms with van der Waals surface area (Å²) in [6, 6.07) is 0. The van der Waals surface area contributed by atoms with E-state index in [1.807, 2.05) is 0 Å². The summed E-state index contributed by atoms with van der Waals surface area (Å²) in [5.74, 6) is 2.01. The molecule has 0 amide bonds. The van der Waals surface area contributed by atoms with E-state index in [4.69, 9.17) is 0 Å². The standard InChI is InChI=1S/C14H28N2/c1-16(12-14-7-8-14)10-9-15-11-13-5-3-2-4-6-13/h13-15H,2-12H2,1H3. The van der Waals surface area contributed by atoms with Gasteiger partial charge in [-0.25, -0.2) is 0 Å². The molecule has 0 aromatic rings. The van der Waals surface area contributed by atoms with E-state index in [9.17, 15) is 0 Å². The predicted octanol–water partition coefficient (Wildman–Crippen LogP) is 2.50. The highest BCUT2D eigenvalue weighted by molar-refractivity contribution is 4.76. The molecular weight excluding hydrogens is 196 g/mol. The minimum absolute atomic E-state index is 0.975. The third-order valence-electron chi connectivity index (χ3n) is 4.09. The fourth-order valence-electron chi connectivity index (χ4n) is 2.80. The molecule has 2 rings (SSSR count). The van der Waals surface area contributed by atoms with Crippen molar-refractivity contribution in [2.45, 2.75) is 44.9 Å². The molecule has 2 fully saturated rings. The Kier molecular flexibility index (Phi) is 5.11. The van der Waals surface area contributed by atoms with Crippen LogP contribution < -0.4 is 5.32 Å². The van der Waals surface area contributed by atoms with Gasteiger partial charge < -0.3 is 10.2 Å². The Labute approximate surface area is 101 Å². The monoisotopic (exact) mass is 224 g/mol. The Morgan fingerprint density at radius 2 is 1.75 bits per heavy atom. The van der Waals surface area contributed by atoms with Gasteiger partial charge in [0.25, 0.3) is 0 Å². The van der Waals surface area contributed by atoms with Crippen LogP contribution in [0.3, 0.4) is 0 Å². The van der Waals surface area contributed by atoms with Crippen LogP contribution in [0.4, 0.5) is 0 Å². The first-order chi connectivity index (χ1) is 7.84. The molecule has 0 aliphatic heterocycles. The number of hydrogen-bond acceptors (Lipinski definition) is 2. The molecule has 0 heterocycles. The summed E-state index contributed by atoms with van der Waals surface area (Å²) >= 11 is 0. The first-order valence-corrected chi connectivity index (χ1v) is 7.24. The Bertz CT molecular complexity index is 183. The molecule has 0 unspecified atom stereocenters. The first-order valence-electron chi connectivity index (χ1n) is 7.24. The van der Waals surface area contributed by atoms with Gasteiger partial charge in [0, 0.05) is 19.6 Å². The minimum Gasteiger partial charge on any atom is -0.315 e. The van der Waals surface area contributed by atoms with Gasteiger partial charge >= 0.3 is 0 Å². The molecule has 2 saturated carbocycles. The summed E-state index contributed by atoms with van der Waals surface area (Å²) in [7, 11) is 2.26. The van der Waals surface area contributed by atoms with Crippen molar-refractivity contribution in [3.05, 3.63) is 0 Å². The lowest BCUT2D eigenvalue weighted by atomic mass is 9.89. The molecule has 0 saturated heterocycles. The van der Waals surface area contributed by atoms with E-state index in [1.54, 1.807) is 0 Å². The number of hydrogen-bond donors (Lipinski definition) is 1. The zero-order valence-corrected chi connectivity index (χ0v) is 10.9. The summed E-state index contributed by atoms with van der Waals surface area (Å²) in [4.78, 5) is 2.49. The molecule has 0 aromatic carbocycles. The van der Waals surface area contributed by atoms with Gasteiger partial charge in [-0.3, -0.25) is 0 Å². The maximum absolute atomic E-state index is 3.64. The second kappa shape index (κ2) is 6.61. The molecule has 0 atom stereocenters. The largest absolute Gasteiger partial charge is 0.315 e. The van der Waals surface area contributed by atoms with Crippen LogP contribution in [-0.2, 0) is 0 Å². The summed E-state index contributed by atoms with van der Waals surface area (Å²) in [6.45, 7) is 4.99. The van der Waals surface area contributed by atoms with Crippen LogP contribution in [0.1, 0.15) is 44.9 Å². The molecule has 0 aromatic heterocycles. The van der Waals surface area contributed by atoms with E-state index in [0.29, 0.717) is 0 Å². The quantitative estimate of drug-likeness (QED) is 0.668. The molecular formula is C14H28N2.